The Morgan fingerprint density at radius 2 is 2.04 bits per heavy atom. The van der Waals surface area contributed by atoms with Crippen molar-refractivity contribution in [2.24, 2.45) is 5.10 Å². The second-order valence-electron chi connectivity index (χ2n) is 5.04. The number of methoxy groups -OCH3 is 1. The molecule has 0 atom stereocenters. The molecule has 0 fully saturated rings. The number of rotatable bonds is 8. The fraction of sp³-hybridized carbons (Fsp3) is 0.222. The zero-order valence-electron chi connectivity index (χ0n) is 14.4. The third-order valence-corrected chi connectivity index (χ3v) is 3.80. The van der Waals surface area contributed by atoms with Gasteiger partial charge in [-0.2, -0.15) is 5.10 Å². The third-order valence-electron chi connectivity index (χ3n) is 3.18. The van der Waals surface area contributed by atoms with E-state index in [9.17, 15) is 9.90 Å². The SMILES string of the molecule is CCOc1cc(/C=N\NC(=O)COc2ccc(OC)cc2Br)ccc1O. The number of hydrazone groups is 1. The van der Waals surface area contributed by atoms with Crippen LogP contribution in [0.2, 0.25) is 0 Å². The van der Waals surface area contributed by atoms with Crippen molar-refractivity contribution in [2.75, 3.05) is 20.3 Å². The van der Waals surface area contributed by atoms with Crippen LogP contribution in [0.15, 0.2) is 46.0 Å². The molecule has 0 aliphatic carbocycles. The Kier molecular flexibility index (Phi) is 7.28. The number of carbonyl (C=O) groups is 1. The molecule has 7 nitrogen and oxygen atoms in total. The summed E-state index contributed by atoms with van der Waals surface area (Å²) in [5, 5.41) is 13.5. The zero-order valence-corrected chi connectivity index (χ0v) is 15.9. The number of aromatic hydroxyl groups is 1. The second-order valence-corrected chi connectivity index (χ2v) is 5.89. The van der Waals surface area contributed by atoms with Crippen molar-refractivity contribution in [1.82, 2.24) is 5.43 Å². The van der Waals surface area contributed by atoms with Crippen LogP contribution in [0.1, 0.15) is 12.5 Å². The van der Waals surface area contributed by atoms with Crippen LogP contribution in [0.4, 0.5) is 0 Å². The molecular formula is C18H19BrN2O5. The van der Waals surface area contributed by atoms with Gasteiger partial charge in [0, 0.05) is 0 Å². The number of amides is 1. The minimum absolute atomic E-state index is 0.0477. The molecule has 0 radical (unpaired) electrons. The molecule has 0 aromatic heterocycles. The summed E-state index contributed by atoms with van der Waals surface area (Å²) in [6, 6.07) is 9.95. The van der Waals surface area contributed by atoms with Crippen LogP contribution >= 0.6 is 15.9 Å². The Hall–Kier alpha value is -2.74. The lowest BCUT2D eigenvalue weighted by Crippen LogP contribution is -2.24. The molecule has 0 bridgehead atoms. The normalized spacial score (nSPS) is 10.6. The summed E-state index contributed by atoms with van der Waals surface area (Å²) in [6.07, 6.45) is 1.45. The first kappa shape index (κ1) is 19.6. The first-order chi connectivity index (χ1) is 12.5. The zero-order chi connectivity index (χ0) is 18.9. The number of hydrogen-bond donors (Lipinski definition) is 2. The summed E-state index contributed by atoms with van der Waals surface area (Å²) in [5.74, 6) is 1.19. The number of benzene rings is 2. The first-order valence-corrected chi connectivity index (χ1v) is 8.56. The van der Waals surface area contributed by atoms with Gasteiger partial charge >= 0.3 is 0 Å². The average Bonchev–Trinajstić information content (AvgIpc) is 2.63. The summed E-state index contributed by atoms with van der Waals surface area (Å²) in [4.78, 5) is 11.8. The van der Waals surface area contributed by atoms with Crippen molar-refractivity contribution in [2.45, 2.75) is 6.92 Å². The van der Waals surface area contributed by atoms with Gasteiger partial charge in [-0.05, 0) is 64.8 Å². The molecule has 0 heterocycles. The van der Waals surface area contributed by atoms with E-state index in [4.69, 9.17) is 14.2 Å². The van der Waals surface area contributed by atoms with E-state index < -0.39 is 5.91 Å². The van der Waals surface area contributed by atoms with Crippen LogP contribution in [0.5, 0.6) is 23.0 Å². The van der Waals surface area contributed by atoms with Crippen molar-refractivity contribution in [1.29, 1.82) is 0 Å². The lowest BCUT2D eigenvalue weighted by molar-refractivity contribution is -0.123. The first-order valence-electron chi connectivity index (χ1n) is 7.77. The van der Waals surface area contributed by atoms with Crippen LogP contribution in [0.3, 0.4) is 0 Å². The number of phenolic OH excluding ortho intramolecular Hbond substituents is 1. The summed E-state index contributed by atoms with van der Waals surface area (Å²) in [7, 11) is 1.57. The molecule has 0 spiro atoms. The van der Waals surface area contributed by atoms with Gasteiger partial charge in [-0.1, -0.05) is 0 Å². The number of phenols is 1. The van der Waals surface area contributed by atoms with Gasteiger partial charge < -0.3 is 19.3 Å². The molecule has 0 unspecified atom stereocenters. The fourth-order valence-corrected chi connectivity index (χ4v) is 2.43. The van der Waals surface area contributed by atoms with Gasteiger partial charge in [0.15, 0.2) is 18.1 Å². The maximum Gasteiger partial charge on any atom is 0.277 e. The maximum absolute atomic E-state index is 11.8. The molecular weight excluding hydrogens is 404 g/mol. The van der Waals surface area contributed by atoms with Gasteiger partial charge in [0.1, 0.15) is 11.5 Å². The lowest BCUT2D eigenvalue weighted by Gasteiger charge is -2.08. The number of nitrogens with one attached hydrogen (secondary N) is 1. The summed E-state index contributed by atoms with van der Waals surface area (Å²) < 4.78 is 16.5. The van der Waals surface area contributed by atoms with Crippen LogP contribution in [-0.2, 0) is 4.79 Å². The highest BCUT2D eigenvalue weighted by molar-refractivity contribution is 9.10. The molecule has 0 saturated carbocycles. The van der Waals surface area contributed by atoms with Gasteiger partial charge in [0.2, 0.25) is 0 Å². The highest BCUT2D eigenvalue weighted by Gasteiger charge is 2.06. The topological polar surface area (TPSA) is 89.4 Å². The average molecular weight is 423 g/mol. The summed E-state index contributed by atoms with van der Waals surface area (Å²) in [6.45, 7) is 2.06. The largest absolute Gasteiger partial charge is 0.504 e. The van der Waals surface area contributed by atoms with E-state index in [1.54, 1.807) is 37.4 Å². The molecule has 2 rings (SSSR count). The number of halogens is 1. The predicted molar refractivity (Wildman–Crippen MR) is 101 cm³/mol. The van der Waals surface area contributed by atoms with Crippen LogP contribution in [0, 0.1) is 0 Å². The van der Waals surface area contributed by atoms with Gasteiger partial charge in [-0.25, -0.2) is 5.43 Å². The summed E-state index contributed by atoms with van der Waals surface area (Å²) in [5.41, 5.74) is 3.04. The lowest BCUT2D eigenvalue weighted by atomic mass is 10.2. The van der Waals surface area contributed by atoms with Crippen molar-refractivity contribution in [3.8, 4) is 23.0 Å². The van der Waals surface area contributed by atoms with Crippen LogP contribution < -0.4 is 19.6 Å². The highest BCUT2D eigenvalue weighted by Crippen LogP contribution is 2.29. The van der Waals surface area contributed by atoms with Crippen molar-refractivity contribution in [3.63, 3.8) is 0 Å². The molecule has 26 heavy (non-hydrogen) atoms. The van der Waals surface area contributed by atoms with E-state index in [-0.39, 0.29) is 12.4 Å². The molecule has 2 N–H and O–H groups in total. The smallest absolute Gasteiger partial charge is 0.277 e. The Balaban J connectivity index is 1.87. The molecule has 8 heteroatoms. The molecule has 0 aliphatic rings. The van der Waals surface area contributed by atoms with E-state index in [2.05, 4.69) is 26.5 Å². The van der Waals surface area contributed by atoms with Crippen molar-refractivity contribution >= 4 is 28.1 Å². The summed E-state index contributed by atoms with van der Waals surface area (Å²) >= 11 is 3.35. The second kappa shape index (κ2) is 9.67. The molecule has 1 amide bonds. The molecule has 0 saturated heterocycles. The van der Waals surface area contributed by atoms with Crippen LogP contribution in [0.25, 0.3) is 0 Å². The standard InChI is InChI=1S/C18H19BrN2O5/c1-3-25-17-8-12(4-6-15(17)22)10-20-21-18(23)11-26-16-7-5-13(24-2)9-14(16)19/h4-10,22H,3,11H2,1-2H3,(H,21,23)/b20-10-. The van der Waals surface area contributed by atoms with E-state index >= 15 is 0 Å². The monoisotopic (exact) mass is 422 g/mol. The molecule has 138 valence electrons. The molecule has 2 aromatic rings. The van der Waals surface area contributed by atoms with Gasteiger partial charge in [0.25, 0.3) is 5.91 Å². The Labute approximate surface area is 159 Å². The Morgan fingerprint density at radius 1 is 1.23 bits per heavy atom. The van der Waals surface area contributed by atoms with Gasteiger partial charge in [-0.3, -0.25) is 4.79 Å². The third kappa shape index (κ3) is 5.66. The van der Waals surface area contributed by atoms with E-state index in [1.807, 2.05) is 6.92 Å². The van der Waals surface area contributed by atoms with E-state index in [1.165, 1.54) is 12.3 Å². The fourth-order valence-electron chi connectivity index (χ4n) is 1.96. The van der Waals surface area contributed by atoms with E-state index in [0.29, 0.717) is 33.9 Å². The van der Waals surface area contributed by atoms with Gasteiger partial charge in [-0.15, -0.1) is 0 Å². The minimum atomic E-state index is -0.409. The quantitative estimate of drug-likeness (QED) is 0.503. The number of hydrogen-bond acceptors (Lipinski definition) is 6. The van der Waals surface area contributed by atoms with Gasteiger partial charge in [0.05, 0.1) is 24.4 Å². The number of ether oxygens (including phenoxy) is 3. The van der Waals surface area contributed by atoms with E-state index in [0.717, 1.165) is 0 Å². The predicted octanol–water partition coefficient (Wildman–Crippen LogP) is 3.09. The maximum atomic E-state index is 11.8. The Bertz CT molecular complexity index is 795. The number of carbonyl (C=O) groups excluding carboxylic acids is 1. The van der Waals surface area contributed by atoms with Crippen molar-refractivity contribution in [3.05, 3.63) is 46.4 Å². The Morgan fingerprint density at radius 3 is 2.73 bits per heavy atom. The highest BCUT2D eigenvalue weighted by atomic mass is 79.9. The molecule has 0 aliphatic heterocycles. The van der Waals surface area contributed by atoms with Crippen molar-refractivity contribution < 1.29 is 24.1 Å². The number of nitrogens with zero attached hydrogens (tertiary/aromatic N) is 1. The molecule has 2 aromatic carbocycles. The minimum Gasteiger partial charge on any atom is -0.504 e. The van der Waals surface area contributed by atoms with Crippen LogP contribution in [-0.4, -0.2) is 37.6 Å².